The molecule has 0 aliphatic carbocycles. The number of nitrogens with zero attached hydrogens (tertiary/aromatic N) is 2. The quantitative estimate of drug-likeness (QED) is 0.687. The van der Waals surface area contributed by atoms with Crippen molar-refractivity contribution in [3.63, 3.8) is 0 Å². The number of imidazole rings is 1. The van der Waals surface area contributed by atoms with Gasteiger partial charge in [0.05, 0.1) is 18.1 Å². The van der Waals surface area contributed by atoms with Gasteiger partial charge in [-0.3, -0.25) is 4.98 Å². The fourth-order valence-electron chi connectivity index (χ4n) is 2.05. The predicted octanol–water partition coefficient (Wildman–Crippen LogP) is -0.610. The number of nitrogens with one attached hydrogen (secondary N) is 2. The van der Waals surface area contributed by atoms with E-state index >= 15 is 0 Å². The van der Waals surface area contributed by atoms with Crippen LogP contribution in [0.3, 0.4) is 0 Å². The lowest BCUT2D eigenvalue weighted by atomic mass is 9.99. The van der Waals surface area contributed by atoms with Crippen molar-refractivity contribution in [3.8, 4) is 0 Å². The van der Waals surface area contributed by atoms with Crippen LogP contribution in [-0.4, -0.2) is 32.4 Å². The van der Waals surface area contributed by atoms with E-state index in [4.69, 9.17) is 0 Å². The van der Waals surface area contributed by atoms with Gasteiger partial charge in [0, 0.05) is 31.1 Å². The molecule has 1 aliphatic heterocycles. The molecule has 6 nitrogen and oxygen atoms in total. The van der Waals surface area contributed by atoms with E-state index in [0.717, 1.165) is 18.7 Å². The zero-order chi connectivity index (χ0) is 10.1. The first-order valence-corrected chi connectivity index (χ1v) is 5.10. The molecule has 6 heteroatoms. The van der Waals surface area contributed by atoms with Gasteiger partial charge in [0.15, 0.2) is 0 Å². The van der Waals surface area contributed by atoms with E-state index in [2.05, 4.69) is 20.3 Å². The summed E-state index contributed by atoms with van der Waals surface area (Å²) in [6.07, 6.45) is 6.43. The van der Waals surface area contributed by atoms with Crippen molar-refractivity contribution in [2.24, 2.45) is 0 Å². The van der Waals surface area contributed by atoms with Gasteiger partial charge in [-0.1, -0.05) is 0 Å². The molecule has 3 rings (SSSR count). The highest BCUT2D eigenvalue weighted by atomic mass is 16.0. The maximum Gasteiger partial charge on any atom is 0.0926 e. The summed E-state index contributed by atoms with van der Waals surface area (Å²) in [7, 11) is 0. The second-order valence-electron chi connectivity index (χ2n) is 3.68. The predicted molar refractivity (Wildman–Crippen MR) is 63.6 cm³/mol. The third-order valence-electron chi connectivity index (χ3n) is 2.79. The number of aromatic nitrogens is 3. The summed E-state index contributed by atoms with van der Waals surface area (Å²) < 4.78 is 0. The molecular weight excluding hydrogens is 220 g/mol. The average Bonchev–Trinajstić information content (AvgIpc) is 2.78. The topological polar surface area (TPSA) is 117 Å². The van der Waals surface area contributed by atoms with Crippen LogP contribution in [0.15, 0.2) is 30.9 Å². The molecule has 0 amide bonds. The minimum Gasteiger partial charge on any atom is -0.412 e. The fourth-order valence-corrected chi connectivity index (χ4v) is 2.05. The van der Waals surface area contributed by atoms with Crippen molar-refractivity contribution < 1.29 is 11.0 Å². The van der Waals surface area contributed by atoms with Gasteiger partial charge in [-0.15, -0.1) is 0 Å². The molecule has 0 bridgehead atoms. The van der Waals surface area contributed by atoms with Crippen LogP contribution < -0.4 is 5.32 Å². The van der Waals surface area contributed by atoms with Crippen molar-refractivity contribution in [2.75, 3.05) is 6.54 Å². The molecule has 0 saturated carbocycles. The van der Waals surface area contributed by atoms with E-state index in [-0.39, 0.29) is 17.0 Å². The molecule has 6 N–H and O–H groups in total. The van der Waals surface area contributed by atoms with Gasteiger partial charge in [0.1, 0.15) is 0 Å². The van der Waals surface area contributed by atoms with Crippen molar-refractivity contribution >= 4 is 0 Å². The standard InChI is InChI=1S/C11H12N4.2H2O/c1-4-12-5-2-8(1)10-11-9(3-6-13-10)14-7-15-11;;/h1-2,4-5,7,10,13H,3,6H2,(H,14,15);2*1H2. The van der Waals surface area contributed by atoms with Crippen LogP contribution in [0.1, 0.15) is 23.0 Å². The second-order valence-corrected chi connectivity index (χ2v) is 3.68. The molecule has 2 aromatic rings. The van der Waals surface area contributed by atoms with Crippen LogP contribution in [0.4, 0.5) is 0 Å². The molecule has 17 heavy (non-hydrogen) atoms. The van der Waals surface area contributed by atoms with E-state index < -0.39 is 0 Å². The second kappa shape index (κ2) is 5.53. The van der Waals surface area contributed by atoms with Gasteiger partial charge in [0.25, 0.3) is 0 Å². The Morgan fingerprint density at radius 1 is 1.18 bits per heavy atom. The summed E-state index contributed by atoms with van der Waals surface area (Å²) in [4.78, 5) is 11.6. The Morgan fingerprint density at radius 3 is 2.71 bits per heavy atom. The normalized spacial score (nSPS) is 17.5. The SMILES string of the molecule is O.O.c1cc(C2NCCc3[nH]cnc32)ccn1. The Kier molecular flexibility index (Phi) is 4.33. The van der Waals surface area contributed by atoms with Crippen LogP contribution in [0.5, 0.6) is 0 Å². The Hall–Kier alpha value is -1.76. The number of pyridine rings is 1. The molecule has 1 aliphatic rings. The van der Waals surface area contributed by atoms with E-state index in [0.29, 0.717) is 0 Å². The summed E-state index contributed by atoms with van der Waals surface area (Å²) in [5.74, 6) is 0. The van der Waals surface area contributed by atoms with Crippen LogP contribution >= 0.6 is 0 Å². The molecule has 1 atom stereocenters. The summed E-state index contributed by atoms with van der Waals surface area (Å²) in [5.41, 5.74) is 3.58. The number of rotatable bonds is 1. The Balaban J connectivity index is 0.000000722. The van der Waals surface area contributed by atoms with Crippen molar-refractivity contribution in [2.45, 2.75) is 12.5 Å². The molecule has 3 heterocycles. The van der Waals surface area contributed by atoms with Crippen LogP contribution in [0.25, 0.3) is 0 Å². The number of fused-ring (bicyclic) bond motifs is 1. The highest BCUT2D eigenvalue weighted by Crippen LogP contribution is 2.25. The summed E-state index contributed by atoms with van der Waals surface area (Å²) in [5, 5.41) is 3.47. The van der Waals surface area contributed by atoms with Crippen LogP contribution in [-0.2, 0) is 6.42 Å². The minimum atomic E-state index is 0. The molecule has 92 valence electrons. The fraction of sp³-hybridized carbons (Fsp3) is 0.273. The lowest BCUT2D eigenvalue weighted by Crippen LogP contribution is -2.30. The third kappa shape index (κ3) is 2.33. The molecule has 0 radical (unpaired) electrons. The van der Waals surface area contributed by atoms with Gasteiger partial charge in [-0.25, -0.2) is 4.98 Å². The summed E-state index contributed by atoms with van der Waals surface area (Å²) in [6.45, 7) is 0.988. The van der Waals surface area contributed by atoms with Gasteiger partial charge in [-0.05, 0) is 17.7 Å². The Labute approximate surface area is 98.7 Å². The number of aromatic amines is 1. The highest BCUT2D eigenvalue weighted by Gasteiger charge is 2.23. The van der Waals surface area contributed by atoms with Gasteiger partial charge < -0.3 is 21.3 Å². The molecule has 0 spiro atoms. The first-order valence-electron chi connectivity index (χ1n) is 5.10. The first-order chi connectivity index (χ1) is 7.45. The van der Waals surface area contributed by atoms with E-state index in [1.165, 1.54) is 11.3 Å². The van der Waals surface area contributed by atoms with E-state index in [1.54, 1.807) is 6.33 Å². The van der Waals surface area contributed by atoms with Crippen molar-refractivity contribution in [3.05, 3.63) is 47.8 Å². The van der Waals surface area contributed by atoms with Crippen LogP contribution in [0, 0.1) is 0 Å². The zero-order valence-electron chi connectivity index (χ0n) is 9.27. The zero-order valence-corrected chi connectivity index (χ0v) is 9.27. The van der Waals surface area contributed by atoms with E-state index in [1.807, 2.05) is 24.5 Å². The average molecular weight is 236 g/mol. The van der Waals surface area contributed by atoms with Crippen molar-refractivity contribution in [1.29, 1.82) is 0 Å². The van der Waals surface area contributed by atoms with Gasteiger partial charge in [-0.2, -0.15) is 0 Å². The molecular formula is C11H16N4O2. The maximum absolute atomic E-state index is 4.38. The van der Waals surface area contributed by atoms with Gasteiger partial charge >= 0.3 is 0 Å². The highest BCUT2D eigenvalue weighted by molar-refractivity contribution is 5.30. The first kappa shape index (κ1) is 13.3. The lowest BCUT2D eigenvalue weighted by molar-refractivity contribution is 0.553. The Bertz CT molecular complexity index is 458. The molecule has 0 fully saturated rings. The molecule has 1 unspecified atom stereocenters. The van der Waals surface area contributed by atoms with Crippen LogP contribution in [0.2, 0.25) is 0 Å². The van der Waals surface area contributed by atoms with E-state index in [9.17, 15) is 0 Å². The molecule has 0 aromatic carbocycles. The summed E-state index contributed by atoms with van der Waals surface area (Å²) >= 11 is 0. The number of hydrogen-bond acceptors (Lipinski definition) is 3. The maximum atomic E-state index is 4.38. The number of H-pyrrole nitrogens is 1. The summed E-state index contributed by atoms with van der Waals surface area (Å²) in [6, 6.07) is 4.27. The smallest absolute Gasteiger partial charge is 0.0926 e. The van der Waals surface area contributed by atoms with Gasteiger partial charge in [0.2, 0.25) is 0 Å². The molecule has 0 saturated heterocycles. The number of hydrogen-bond donors (Lipinski definition) is 2. The Morgan fingerprint density at radius 2 is 1.94 bits per heavy atom. The monoisotopic (exact) mass is 236 g/mol. The lowest BCUT2D eigenvalue weighted by Gasteiger charge is -2.23. The molecule has 2 aromatic heterocycles. The van der Waals surface area contributed by atoms with Crippen molar-refractivity contribution in [1.82, 2.24) is 20.3 Å². The minimum absolute atomic E-state index is 0. The largest absolute Gasteiger partial charge is 0.412 e. The third-order valence-corrected chi connectivity index (χ3v) is 2.79.